The third-order valence-corrected chi connectivity index (χ3v) is 1.10. The SMILES string of the molecule is CC(F)C(=O)C(C)(C)C. The first-order valence-electron chi connectivity index (χ1n) is 3.04. The van der Waals surface area contributed by atoms with E-state index < -0.39 is 11.6 Å². The maximum Gasteiger partial charge on any atom is 0.171 e. The van der Waals surface area contributed by atoms with Crippen LogP contribution in [0.2, 0.25) is 0 Å². The highest BCUT2D eigenvalue weighted by molar-refractivity contribution is 5.87. The summed E-state index contributed by atoms with van der Waals surface area (Å²) < 4.78 is 12.2. The average molecular weight is 132 g/mol. The lowest BCUT2D eigenvalue weighted by atomic mass is 9.89. The zero-order chi connectivity index (χ0) is 7.65. The largest absolute Gasteiger partial charge is 0.296 e. The molecule has 54 valence electrons. The van der Waals surface area contributed by atoms with Crippen LogP contribution >= 0.6 is 0 Å². The second kappa shape index (κ2) is 2.46. The molecule has 0 amide bonds. The molecule has 0 aromatic carbocycles. The van der Waals surface area contributed by atoms with Crippen molar-refractivity contribution < 1.29 is 9.18 Å². The Kier molecular flexibility index (Phi) is 2.35. The van der Waals surface area contributed by atoms with Gasteiger partial charge in [-0.15, -0.1) is 0 Å². The third-order valence-electron chi connectivity index (χ3n) is 1.10. The number of hydrogen-bond donors (Lipinski definition) is 0. The molecule has 0 saturated carbocycles. The van der Waals surface area contributed by atoms with Crippen molar-refractivity contribution in [1.29, 1.82) is 0 Å². The van der Waals surface area contributed by atoms with E-state index in [1.54, 1.807) is 20.8 Å². The number of hydrogen-bond acceptors (Lipinski definition) is 1. The molecule has 0 fully saturated rings. The first-order valence-corrected chi connectivity index (χ1v) is 3.04. The summed E-state index contributed by atoms with van der Waals surface area (Å²) in [6, 6.07) is 0. The van der Waals surface area contributed by atoms with Crippen molar-refractivity contribution in [3.63, 3.8) is 0 Å². The van der Waals surface area contributed by atoms with Crippen LogP contribution < -0.4 is 0 Å². The van der Waals surface area contributed by atoms with Gasteiger partial charge in [0, 0.05) is 5.41 Å². The Morgan fingerprint density at radius 1 is 1.44 bits per heavy atom. The molecule has 0 aliphatic heterocycles. The van der Waals surface area contributed by atoms with Gasteiger partial charge < -0.3 is 0 Å². The van der Waals surface area contributed by atoms with Crippen molar-refractivity contribution in [3.8, 4) is 0 Å². The minimum absolute atomic E-state index is 0.331. The molecular formula is C7H13FO. The maximum atomic E-state index is 12.2. The molecule has 1 atom stereocenters. The van der Waals surface area contributed by atoms with Crippen LogP contribution in [0.3, 0.4) is 0 Å². The molecule has 2 heteroatoms. The van der Waals surface area contributed by atoms with E-state index in [-0.39, 0.29) is 5.78 Å². The van der Waals surface area contributed by atoms with E-state index in [0.29, 0.717) is 0 Å². The highest BCUT2D eigenvalue weighted by Crippen LogP contribution is 2.17. The van der Waals surface area contributed by atoms with E-state index in [9.17, 15) is 9.18 Å². The second-order valence-corrected chi connectivity index (χ2v) is 3.23. The van der Waals surface area contributed by atoms with Gasteiger partial charge in [0.25, 0.3) is 0 Å². The molecule has 9 heavy (non-hydrogen) atoms. The lowest BCUT2D eigenvalue weighted by Gasteiger charge is -2.16. The standard InChI is InChI=1S/C7H13FO/c1-5(8)6(9)7(2,3)4/h5H,1-4H3. The average Bonchev–Trinajstić information content (AvgIpc) is 1.62. The molecule has 0 aromatic heterocycles. The molecule has 1 unspecified atom stereocenters. The van der Waals surface area contributed by atoms with Crippen LogP contribution in [0.5, 0.6) is 0 Å². The normalized spacial score (nSPS) is 15.2. The van der Waals surface area contributed by atoms with E-state index in [2.05, 4.69) is 0 Å². The van der Waals surface area contributed by atoms with Crippen LogP contribution in [0.25, 0.3) is 0 Å². The number of Topliss-reactive ketones (excluding diaryl/α,β-unsaturated/α-hetero) is 1. The van der Waals surface area contributed by atoms with E-state index in [4.69, 9.17) is 0 Å². The Bertz CT molecular complexity index is 111. The van der Waals surface area contributed by atoms with Crippen molar-refractivity contribution >= 4 is 5.78 Å². The van der Waals surface area contributed by atoms with Crippen LogP contribution in [-0.4, -0.2) is 12.0 Å². The van der Waals surface area contributed by atoms with Crippen molar-refractivity contribution in [1.82, 2.24) is 0 Å². The Morgan fingerprint density at radius 3 is 1.78 bits per heavy atom. The first kappa shape index (κ1) is 8.60. The molecular weight excluding hydrogens is 119 g/mol. The van der Waals surface area contributed by atoms with Gasteiger partial charge in [-0.25, -0.2) is 4.39 Å². The van der Waals surface area contributed by atoms with Crippen molar-refractivity contribution in [2.24, 2.45) is 5.41 Å². The predicted molar refractivity (Wildman–Crippen MR) is 35.0 cm³/mol. The van der Waals surface area contributed by atoms with Gasteiger partial charge in [-0.05, 0) is 6.92 Å². The molecule has 0 bridgehead atoms. The summed E-state index contributed by atoms with van der Waals surface area (Å²) in [5, 5.41) is 0. The number of rotatable bonds is 1. The Hall–Kier alpha value is -0.400. The zero-order valence-corrected chi connectivity index (χ0v) is 6.36. The number of alkyl halides is 1. The summed E-state index contributed by atoms with van der Waals surface area (Å²) in [4.78, 5) is 10.8. The zero-order valence-electron chi connectivity index (χ0n) is 6.36. The smallest absolute Gasteiger partial charge is 0.171 e. The molecule has 0 aliphatic carbocycles. The van der Waals surface area contributed by atoms with Gasteiger partial charge >= 0.3 is 0 Å². The topological polar surface area (TPSA) is 17.1 Å². The maximum absolute atomic E-state index is 12.2. The van der Waals surface area contributed by atoms with Gasteiger partial charge in [0.2, 0.25) is 0 Å². The Morgan fingerprint density at radius 2 is 1.78 bits per heavy atom. The number of halogens is 1. The van der Waals surface area contributed by atoms with Crippen molar-refractivity contribution in [3.05, 3.63) is 0 Å². The van der Waals surface area contributed by atoms with Crippen molar-refractivity contribution in [2.45, 2.75) is 33.9 Å². The van der Waals surface area contributed by atoms with Crippen LogP contribution in [-0.2, 0) is 4.79 Å². The molecule has 1 nitrogen and oxygen atoms in total. The summed E-state index contributed by atoms with van der Waals surface area (Å²) >= 11 is 0. The molecule has 0 N–H and O–H groups in total. The molecule has 0 aromatic rings. The molecule has 0 heterocycles. The first-order chi connectivity index (χ1) is 3.85. The molecule has 0 aliphatic rings. The summed E-state index contributed by atoms with van der Waals surface area (Å²) in [5.74, 6) is -0.331. The molecule has 0 radical (unpaired) electrons. The quantitative estimate of drug-likeness (QED) is 0.533. The van der Waals surface area contributed by atoms with Gasteiger partial charge in [-0.3, -0.25) is 4.79 Å². The van der Waals surface area contributed by atoms with E-state index >= 15 is 0 Å². The summed E-state index contributed by atoms with van der Waals surface area (Å²) in [7, 11) is 0. The number of carbonyl (C=O) groups is 1. The van der Waals surface area contributed by atoms with Gasteiger partial charge in [0.1, 0.15) is 0 Å². The Balaban J connectivity index is 4.06. The highest BCUT2D eigenvalue weighted by atomic mass is 19.1. The van der Waals surface area contributed by atoms with Crippen LogP contribution in [0.4, 0.5) is 4.39 Å². The van der Waals surface area contributed by atoms with E-state index in [1.807, 2.05) is 0 Å². The van der Waals surface area contributed by atoms with Gasteiger partial charge in [0.15, 0.2) is 12.0 Å². The van der Waals surface area contributed by atoms with Crippen LogP contribution in [0, 0.1) is 5.41 Å². The van der Waals surface area contributed by atoms with Gasteiger partial charge in [-0.1, -0.05) is 20.8 Å². The molecule has 0 rings (SSSR count). The number of carbonyl (C=O) groups excluding carboxylic acids is 1. The fraction of sp³-hybridized carbons (Fsp3) is 0.857. The summed E-state index contributed by atoms with van der Waals surface area (Å²) in [5.41, 5.74) is -0.534. The summed E-state index contributed by atoms with van der Waals surface area (Å²) in [6.45, 7) is 6.41. The minimum atomic E-state index is -1.33. The lowest BCUT2D eigenvalue weighted by Crippen LogP contribution is -2.27. The Labute approximate surface area is 55.3 Å². The third kappa shape index (κ3) is 2.59. The van der Waals surface area contributed by atoms with E-state index in [1.165, 1.54) is 6.92 Å². The van der Waals surface area contributed by atoms with Gasteiger partial charge in [-0.2, -0.15) is 0 Å². The summed E-state index contributed by atoms with van der Waals surface area (Å²) in [6.07, 6.45) is -1.33. The lowest BCUT2D eigenvalue weighted by molar-refractivity contribution is -0.130. The van der Waals surface area contributed by atoms with Crippen LogP contribution in [0.15, 0.2) is 0 Å². The second-order valence-electron chi connectivity index (χ2n) is 3.23. The van der Waals surface area contributed by atoms with E-state index in [0.717, 1.165) is 0 Å². The highest BCUT2D eigenvalue weighted by Gasteiger charge is 2.25. The van der Waals surface area contributed by atoms with Gasteiger partial charge in [0.05, 0.1) is 0 Å². The monoisotopic (exact) mass is 132 g/mol. The fourth-order valence-corrected chi connectivity index (χ4v) is 0.597. The molecule has 0 spiro atoms. The van der Waals surface area contributed by atoms with Crippen LogP contribution in [0.1, 0.15) is 27.7 Å². The number of ketones is 1. The minimum Gasteiger partial charge on any atom is -0.296 e. The predicted octanol–water partition coefficient (Wildman–Crippen LogP) is 1.96. The molecule has 0 saturated heterocycles. The van der Waals surface area contributed by atoms with Crippen molar-refractivity contribution in [2.75, 3.05) is 0 Å². The fourth-order valence-electron chi connectivity index (χ4n) is 0.597.